The van der Waals surface area contributed by atoms with E-state index in [2.05, 4.69) is 6.92 Å². The summed E-state index contributed by atoms with van der Waals surface area (Å²) < 4.78 is 0. The minimum atomic E-state index is 0.345. The van der Waals surface area contributed by atoms with E-state index in [1.54, 1.807) is 0 Å². The number of unbranched alkanes of at least 4 members (excludes halogenated alkanes) is 3. The number of hydrogen-bond acceptors (Lipinski definition) is 3. The van der Waals surface area contributed by atoms with Crippen molar-refractivity contribution in [2.75, 3.05) is 24.7 Å². The van der Waals surface area contributed by atoms with Gasteiger partial charge in [-0.1, -0.05) is 19.8 Å². The van der Waals surface area contributed by atoms with Gasteiger partial charge in [-0.3, -0.25) is 0 Å². The minimum absolute atomic E-state index is 0.345. The second-order valence-corrected chi connectivity index (χ2v) is 4.70. The summed E-state index contributed by atoms with van der Waals surface area (Å²) in [7, 11) is 0. The zero-order valence-corrected chi connectivity index (χ0v) is 9.48. The van der Waals surface area contributed by atoms with Gasteiger partial charge < -0.3 is 10.8 Å². The van der Waals surface area contributed by atoms with Crippen molar-refractivity contribution >= 4 is 11.8 Å². The second kappa shape index (κ2) is 10.4. The van der Waals surface area contributed by atoms with Crippen molar-refractivity contribution < 1.29 is 5.11 Å². The lowest BCUT2D eigenvalue weighted by atomic mass is 10.2. The van der Waals surface area contributed by atoms with Crippen LogP contribution in [-0.2, 0) is 0 Å². The van der Waals surface area contributed by atoms with Crippen LogP contribution in [0.4, 0.5) is 0 Å². The van der Waals surface area contributed by atoms with E-state index < -0.39 is 0 Å². The highest BCUT2D eigenvalue weighted by Gasteiger charge is 1.98. The number of thioether (sulfide) groups is 1. The third kappa shape index (κ3) is 10.2. The van der Waals surface area contributed by atoms with Gasteiger partial charge in [-0.2, -0.15) is 11.8 Å². The normalized spacial score (nSPS) is 13.2. The molecule has 0 aromatic rings. The van der Waals surface area contributed by atoms with Crippen molar-refractivity contribution in [1.29, 1.82) is 0 Å². The zero-order valence-electron chi connectivity index (χ0n) is 8.67. The molecule has 13 heavy (non-hydrogen) atoms. The van der Waals surface area contributed by atoms with E-state index in [1.165, 1.54) is 30.8 Å². The maximum Gasteiger partial charge on any atom is 0.0431 e. The Morgan fingerprint density at radius 3 is 2.54 bits per heavy atom. The molecule has 0 bridgehead atoms. The van der Waals surface area contributed by atoms with E-state index in [1.807, 2.05) is 11.8 Å². The smallest absolute Gasteiger partial charge is 0.0431 e. The summed E-state index contributed by atoms with van der Waals surface area (Å²) in [4.78, 5) is 0. The van der Waals surface area contributed by atoms with Crippen LogP contribution in [0.15, 0.2) is 0 Å². The average Bonchev–Trinajstić information content (AvgIpc) is 2.16. The third-order valence-corrected chi connectivity index (χ3v) is 3.38. The average molecular weight is 205 g/mol. The van der Waals surface area contributed by atoms with Gasteiger partial charge in [0.25, 0.3) is 0 Å². The standard InChI is InChI=1S/C10H23NOS/c1-10(8-11)9-13-7-5-3-2-4-6-12/h10,12H,2-9,11H2,1H3. The minimum Gasteiger partial charge on any atom is -0.396 e. The van der Waals surface area contributed by atoms with Gasteiger partial charge >= 0.3 is 0 Å². The molecule has 2 nitrogen and oxygen atoms in total. The number of hydrogen-bond donors (Lipinski definition) is 2. The molecule has 0 aliphatic carbocycles. The Kier molecular flexibility index (Phi) is 10.6. The molecule has 0 spiro atoms. The van der Waals surface area contributed by atoms with Gasteiger partial charge in [0.2, 0.25) is 0 Å². The first-order valence-electron chi connectivity index (χ1n) is 5.20. The van der Waals surface area contributed by atoms with Gasteiger partial charge in [0.05, 0.1) is 0 Å². The molecule has 1 atom stereocenters. The summed E-state index contributed by atoms with van der Waals surface area (Å²) in [5.41, 5.74) is 5.51. The number of rotatable bonds is 9. The predicted octanol–water partition coefficient (Wildman–Crippen LogP) is 1.87. The molecule has 0 radical (unpaired) electrons. The lowest BCUT2D eigenvalue weighted by Crippen LogP contribution is -2.12. The van der Waals surface area contributed by atoms with Crippen LogP contribution in [0.1, 0.15) is 32.6 Å². The molecule has 0 aromatic carbocycles. The van der Waals surface area contributed by atoms with E-state index >= 15 is 0 Å². The van der Waals surface area contributed by atoms with Gasteiger partial charge in [-0.05, 0) is 36.8 Å². The molecule has 3 heteroatoms. The van der Waals surface area contributed by atoms with Crippen molar-refractivity contribution in [2.24, 2.45) is 11.7 Å². The molecule has 0 saturated heterocycles. The molecule has 80 valence electrons. The Morgan fingerprint density at radius 2 is 1.92 bits per heavy atom. The molecule has 0 fully saturated rings. The van der Waals surface area contributed by atoms with Crippen LogP contribution in [0.25, 0.3) is 0 Å². The fraction of sp³-hybridized carbons (Fsp3) is 1.00. The summed E-state index contributed by atoms with van der Waals surface area (Å²) >= 11 is 2.00. The molecule has 0 aliphatic heterocycles. The monoisotopic (exact) mass is 205 g/mol. The highest BCUT2D eigenvalue weighted by molar-refractivity contribution is 7.99. The maximum absolute atomic E-state index is 8.55. The third-order valence-electron chi connectivity index (χ3n) is 2.00. The Labute approximate surface area is 86.3 Å². The van der Waals surface area contributed by atoms with E-state index in [0.29, 0.717) is 12.5 Å². The van der Waals surface area contributed by atoms with Crippen LogP contribution in [0.2, 0.25) is 0 Å². The summed E-state index contributed by atoms with van der Waals surface area (Å²) in [6, 6.07) is 0. The van der Waals surface area contributed by atoms with Gasteiger partial charge in [0.15, 0.2) is 0 Å². The van der Waals surface area contributed by atoms with Crippen LogP contribution in [0.3, 0.4) is 0 Å². The molecule has 0 saturated carbocycles. The first-order chi connectivity index (χ1) is 6.31. The first-order valence-corrected chi connectivity index (χ1v) is 6.35. The molecule has 0 aliphatic rings. The Morgan fingerprint density at radius 1 is 1.23 bits per heavy atom. The summed E-state index contributed by atoms with van der Waals surface area (Å²) in [5.74, 6) is 3.09. The summed E-state index contributed by atoms with van der Waals surface area (Å²) in [5, 5.41) is 8.55. The summed E-state index contributed by atoms with van der Waals surface area (Å²) in [6.07, 6.45) is 4.67. The van der Waals surface area contributed by atoms with Crippen LogP contribution < -0.4 is 5.73 Å². The molecule has 0 amide bonds. The lowest BCUT2D eigenvalue weighted by molar-refractivity contribution is 0.283. The van der Waals surface area contributed by atoms with Crippen LogP contribution in [0, 0.1) is 5.92 Å². The molecular formula is C10H23NOS. The Hall–Kier alpha value is 0.270. The number of aliphatic hydroxyl groups excluding tert-OH is 1. The summed E-state index contributed by atoms with van der Waals surface area (Å²) in [6.45, 7) is 3.34. The predicted molar refractivity (Wildman–Crippen MR) is 61.1 cm³/mol. The second-order valence-electron chi connectivity index (χ2n) is 3.55. The lowest BCUT2D eigenvalue weighted by Gasteiger charge is -2.06. The fourth-order valence-electron chi connectivity index (χ4n) is 1.02. The highest BCUT2D eigenvalue weighted by atomic mass is 32.2. The quantitative estimate of drug-likeness (QED) is 0.565. The van der Waals surface area contributed by atoms with E-state index in [0.717, 1.165) is 13.0 Å². The molecule has 0 aromatic heterocycles. The first kappa shape index (κ1) is 13.3. The molecule has 1 unspecified atom stereocenters. The fourth-order valence-corrected chi connectivity index (χ4v) is 2.14. The molecule has 0 rings (SSSR count). The van der Waals surface area contributed by atoms with Gasteiger partial charge in [0.1, 0.15) is 0 Å². The van der Waals surface area contributed by atoms with Crippen LogP contribution in [-0.4, -0.2) is 29.8 Å². The van der Waals surface area contributed by atoms with Crippen molar-refractivity contribution in [3.05, 3.63) is 0 Å². The van der Waals surface area contributed by atoms with Crippen molar-refractivity contribution in [3.8, 4) is 0 Å². The molecular weight excluding hydrogens is 182 g/mol. The van der Waals surface area contributed by atoms with E-state index in [-0.39, 0.29) is 0 Å². The van der Waals surface area contributed by atoms with Crippen molar-refractivity contribution in [1.82, 2.24) is 0 Å². The number of nitrogens with two attached hydrogens (primary N) is 1. The van der Waals surface area contributed by atoms with Crippen LogP contribution >= 0.6 is 11.8 Å². The highest BCUT2D eigenvalue weighted by Crippen LogP contribution is 2.10. The largest absolute Gasteiger partial charge is 0.396 e. The topological polar surface area (TPSA) is 46.2 Å². The van der Waals surface area contributed by atoms with Crippen molar-refractivity contribution in [3.63, 3.8) is 0 Å². The van der Waals surface area contributed by atoms with Crippen molar-refractivity contribution in [2.45, 2.75) is 32.6 Å². The molecule has 3 N–H and O–H groups in total. The molecule has 0 heterocycles. The van der Waals surface area contributed by atoms with Gasteiger partial charge in [-0.25, -0.2) is 0 Å². The maximum atomic E-state index is 8.55. The van der Waals surface area contributed by atoms with E-state index in [9.17, 15) is 0 Å². The van der Waals surface area contributed by atoms with Crippen LogP contribution in [0.5, 0.6) is 0 Å². The number of aliphatic hydroxyl groups is 1. The zero-order chi connectivity index (χ0) is 9.94. The van der Waals surface area contributed by atoms with Gasteiger partial charge in [0, 0.05) is 6.61 Å². The van der Waals surface area contributed by atoms with Gasteiger partial charge in [-0.15, -0.1) is 0 Å². The SMILES string of the molecule is CC(CN)CSCCCCCCO. The Bertz CT molecular complexity index is 101. The Balaban J connectivity index is 2.91. The van der Waals surface area contributed by atoms with E-state index in [4.69, 9.17) is 10.8 Å².